The standard InChI is InChI=1S/C24H33ClN4O4/c1-7-15(2)29(21(31)13-12-20(30)26-19-14-16(3)33-28-19)22(23(32)27-24(4,5)6)17-10-8-9-11-18(17)25/h8-11,14-15,22H,7,12-13H2,1-6H3,(H,27,32)(H,26,28,30)/t15-,22-/m1/s1. The van der Waals surface area contributed by atoms with E-state index in [0.29, 0.717) is 28.6 Å². The number of amides is 3. The highest BCUT2D eigenvalue weighted by Crippen LogP contribution is 2.31. The van der Waals surface area contributed by atoms with Gasteiger partial charge in [-0.3, -0.25) is 14.4 Å². The van der Waals surface area contributed by atoms with Crippen LogP contribution in [-0.4, -0.2) is 39.4 Å². The number of aromatic nitrogens is 1. The van der Waals surface area contributed by atoms with Gasteiger partial charge in [0.2, 0.25) is 17.7 Å². The van der Waals surface area contributed by atoms with Crippen molar-refractivity contribution in [1.29, 1.82) is 0 Å². The molecule has 0 aliphatic heterocycles. The molecule has 0 spiro atoms. The molecular formula is C24H33ClN4O4. The summed E-state index contributed by atoms with van der Waals surface area (Å²) in [5, 5.41) is 9.70. The van der Waals surface area contributed by atoms with Crippen LogP contribution in [0, 0.1) is 6.92 Å². The number of aryl methyl sites for hydroxylation is 1. The van der Waals surface area contributed by atoms with Crippen LogP contribution in [0.15, 0.2) is 34.9 Å². The first-order chi connectivity index (χ1) is 15.4. The Labute approximate surface area is 200 Å². The van der Waals surface area contributed by atoms with Crippen LogP contribution in [-0.2, 0) is 14.4 Å². The smallest absolute Gasteiger partial charge is 0.247 e. The SMILES string of the molecule is CC[C@@H](C)N(C(=O)CCC(=O)Nc1cc(C)on1)[C@@H](C(=O)NC(C)(C)C)c1ccccc1Cl. The molecule has 0 unspecified atom stereocenters. The minimum absolute atomic E-state index is 0.0617. The number of nitrogens with one attached hydrogen (secondary N) is 2. The van der Waals surface area contributed by atoms with Gasteiger partial charge in [-0.25, -0.2) is 0 Å². The second-order valence-electron chi connectivity index (χ2n) is 9.09. The fraction of sp³-hybridized carbons (Fsp3) is 0.500. The average molecular weight is 477 g/mol. The number of hydrogen-bond acceptors (Lipinski definition) is 5. The Kier molecular flexibility index (Phi) is 9.05. The number of rotatable bonds is 9. The van der Waals surface area contributed by atoms with Crippen LogP contribution in [0.25, 0.3) is 0 Å². The van der Waals surface area contributed by atoms with Crippen molar-refractivity contribution in [3.05, 3.63) is 46.7 Å². The van der Waals surface area contributed by atoms with Crippen LogP contribution >= 0.6 is 11.6 Å². The maximum absolute atomic E-state index is 13.4. The van der Waals surface area contributed by atoms with Crippen molar-refractivity contribution < 1.29 is 18.9 Å². The third-order valence-corrected chi connectivity index (χ3v) is 5.38. The zero-order chi connectivity index (χ0) is 24.8. The van der Waals surface area contributed by atoms with E-state index >= 15 is 0 Å². The topological polar surface area (TPSA) is 105 Å². The molecule has 0 aliphatic rings. The Morgan fingerprint density at radius 1 is 1.18 bits per heavy atom. The van der Waals surface area contributed by atoms with Gasteiger partial charge < -0.3 is 20.1 Å². The lowest BCUT2D eigenvalue weighted by Gasteiger charge is -2.37. The maximum atomic E-state index is 13.4. The molecule has 8 nitrogen and oxygen atoms in total. The molecule has 0 radical (unpaired) electrons. The monoisotopic (exact) mass is 476 g/mol. The molecule has 0 bridgehead atoms. The summed E-state index contributed by atoms with van der Waals surface area (Å²) in [6.45, 7) is 11.2. The van der Waals surface area contributed by atoms with E-state index in [1.807, 2.05) is 34.6 Å². The largest absolute Gasteiger partial charge is 0.360 e. The molecule has 9 heteroatoms. The number of hydrogen-bond donors (Lipinski definition) is 2. The van der Waals surface area contributed by atoms with E-state index in [1.165, 1.54) is 4.90 Å². The van der Waals surface area contributed by atoms with Gasteiger partial charge >= 0.3 is 0 Å². The molecule has 2 N–H and O–H groups in total. The second kappa shape index (κ2) is 11.3. The summed E-state index contributed by atoms with van der Waals surface area (Å²) in [5.41, 5.74) is 0.0354. The van der Waals surface area contributed by atoms with Crippen molar-refractivity contribution >= 4 is 35.1 Å². The van der Waals surface area contributed by atoms with Gasteiger partial charge in [-0.2, -0.15) is 0 Å². The van der Waals surface area contributed by atoms with E-state index in [2.05, 4.69) is 15.8 Å². The van der Waals surface area contributed by atoms with Crippen molar-refractivity contribution in [2.45, 2.75) is 78.4 Å². The Morgan fingerprint density at radius 2 is 1.85 bits per heavy atom. The van der Waals surface area contributed by atoms with E-state index in [9.17, 15) is 14.4 Å². The van der Waals surface area contributed by atoms with E-state index < -0.39 is 11.6 Å². The van der Waals surface area contributed by atoms with Crippen LogP contribution in [0.4, 0.5) is 5.82 Å². The molecule has 1 aromatic carbocycles. The third-order valence-electron chi connectivity index (χ3n) is 5.04. The van der Waals surface area contributed by atoms with Crippen molar-refractivity contribution in [2.24, 2.45) is 0 Å². The fourth-order valence-corrected chi connectivity index (χ4v) is 3.61. The van der Waals surface area contributed by atoms with Gasteiger partial charge in [0, 0.05) is 41.1 Å². The molecule has 180 valence electrons. The lowest BCUT2D eigenvalue weighted by molar-refractivity contribution is -0.144. The summed E-state index contributed by atoms with van der Waals surface area (Å²) in [5.74, 6) is -0.148. The van der Waals surface area contributed by atoms with Crippen LogP contribution in [0.5, 0.6) is 0 Å². The zero-order valence-electron chi connectivity index (χ0n) is 20.1. The maximum Gasteiger partial charge on any atom is 0.247 e. The number of carbonyl (C=O) groups excluding carboxylic acids is 3. The Hall–Kier alpha value is -2.87. The fourth-order valence-electron chi connectivity index (χ4n) is 3.37. The highest BCUT2D eigenvalue weighted by Gasteiger charge is 2.36. The minimum atomic E-state index is -0.929. The molecule has 3 amide bonds. The molecule has 0 fully saturated rings. The summed E-state index contributed by atoms with van der Waals surface area (Å²) >= 11 is 6.45. The third kappa shape index (κ3) is 7.60. The van der Waals surface area contributed by atoms with Crippen LogP contribution in [0.1, 0.15) is 71.2 Å². The first-order valence-corrected chi connectivity index (χ1v) is 11.4. The summed E-state index contributed by atoms with van der Waals surface area (Å²) in [7, 11) is 0. The van der Waals surface area contributed by atoms with E-state index in [1.54, 1.807) is 37.3 Å². The van der Waals surface area contributed by atoms with Crippen molar-refractivity contribution in [1.82, 2.24) is 15.4 Å². The first kappa shape index (κ1) is 26.4. The number of carbonyl (C=O) groups is 3. The average Bonchev–Trinajstić information content (AvgIpc) is 3.13. The molecule has 2 aromatic rings. The Morgan fingerprint density at radius 3 is 2.39 bits per heavy atom. The molecule has 2 atom stereocenters. The number of nitrogens with zero attached hydrogens (tertiary/aromatic N) is 2. The number of anilines is 1. The normalized spacial score (nSPS) is 13.2. The highest BCUT2D eigenvalue weighted by molar-refractivity contribution is 6.31. The van der Waals surface area contributed by atoms with Crippen LogP contribution in [0.3, 0.4) is 0 Å². The number of benzene rings is 1. The summed E-state index contributed by atoms with van der Waals surface area (Å²) in [6, 6.07) is 7.40. The predicted molar refractivity (Wildman–Crippen MR) is 128 cm³/mol. The molecule has 0 saturated heterocycles. The predicted octanol–water partition coefficient (Wildman–Crippen LogP) is 4.64. The highest BCUT2D eigenvalue weighted by atomic mass is 35.5. The lowest BCUT2D eigenvalue weighted by Crippen LogP contribution is -2.51. The van der Waals surface area contributed by atoms with E-state index in [4.69, 9.17) is 16.1 Å². The minimum Gasteiger partial charge on any atom is -0.360 e. The summed E-state index contributed by atoms with van der Waals surface area (Å²) in [6.07, 6.45) is 0.491. The van der Waals surface area contributed by atoms with Gasteiger partial charge in [0.1, 0.15) is 11.8 Å². The van der Waals surface area contributed by atoms with Crippen molar-refractivity contribution in [3.63, 3.8) is 0 Å². The molecule has 2 rings (SSSR count). The van der Waals surface area contributed by atoms with Crippen LogP contribution in [0.2, 0.25) is 5.02 Å². The molecule has 0 aliphatic carbocycles. The molecule has 1 aromatic heterocycles. The van der Waals surface area contributed by atoms with Gasteiger partial charge in [-0.05, 0) is 47.1 Å². The summed E-state index contributed by atoms with van der Waals surface area (Å²) < 4.78 is 4.94. The quantitative estimate of drug-likeness (QED) is 0.548. The van der Waals surface area contributed by atoms with E-state index in [0.717, 1.165) is 0 Å². The number of halogens is 1. The molecule has 0 saturated carbocycles. The van der Waals surface area contributed by atoms with Crippen LogP contribution < -0.4 is 10.6 Å². The molecule has 33 heavy (non-hydrogen) atoms. The Bertz CT molecular complexity index is 983. The zero-order valence-corrected chi connectivity index (χ0v) is 20.8. The first-order valence-electron chi connectivity index (χ1n) is 11.0. The van der Waals surface area contributed by atoms with Gasteiger partial charge in [0.05, 0.1) is 0 Å². The molecular weight excluding hydrogens is 444 g/mol. The van der Waals surface area contributed by atoms with Gasteiger partial charge in [-0.15, -0.1) is 0 Å². The summed E-state index contributed by atoms with van der Waals surface area (Å²) in [4.78, 5) is 40.7. The van der Waals surface area contributed by atoms with Gasteiger partial charge in [0.15, 0.2) is 5.82 Å². The van der Waals surface area contributed by atoms with Crippen molar-refractivity contribution in [2.75, 3.05) is 5.32 Å². The lowest BCUT2D eigenvalue weighted by atomic mass is 9.98. The molecule has 1 heterocycles. The second-order valence-corrected chi connectivity index (χ2v) is 9.50. The van der Waals surface area contributed by atoms with Gasteiger partial charge in [0.25, 0.3) is 0 Å². The van der Waals surface area contributed by atoms with Crippen molar-refractivity contribution in [3.8, 4) is 0 Å². The van der Waals surface area contributed by atoms with Gasteiger partial charge in [-0.1, -0.05) is 41.9 Å². The Balaban J connectivity index is 2.29. The van der Waals surface area contributed by atoms with E-state index in [-0.39, 0.29) is 36.6 Å².